The maximum absolute atomic E-state index is 7.64. The van der Waals surface area contributed by atoms with E-state index in [1.54, 1.807) is 6.20 Å². The van der Waals surface area contributed by atoms with Gasteiger partial charge in [0.2, 0.25) is 0 Å². The van der Waals surface area contributed by atoms with E-state index in [1.165, 1.54) is 0 Å². The minimum Gasteiger partial charge on any atom is -0.387 e. The maximum Gasteiger partial charge on any atom is 0.147 e. The summed E-state index contributed by atoms with van der Waals surface area (Å²) in [6, 6.07) is 1.85. The largest absolute Gasteiger partial charge is 0.387 e. The number of hydrogen-bond donors (Lipinski definition) is 2. The van der Waals surface area contributed by atoms with E-state index in [9.17, 15) is 0 Å². The highest BCUT2D eigenvalue weighted by Gasteiger charge is 2.33. The first-order valence-electron chi connectivity index (χ1n) is 5.83. The highest BCUT2D eigenvalue weighted by atomic mass is 79.9. The van der Waals surface area contributed by atoms with Gasteiger partial charge in [-0.3, -0.25) is 5.41 Å². The summed E-state index contributed by atoms with van der Waals surface area (Å²) in [5.41, 5.74) is 5.47. The van der Waals surface area contributed by atoms with E-state index < -0.39 is 0 Å². The highest BCUT2D eigenvalue weighted by molar-refractivity contribution is 9.10. The average Bonchev–Trinajstić information content (AvgIpc) is 2.31. The molecule has 0 saturated carbocycles. The molecule has 2 heterocycles. The fourth-order valence-electron chi connectivity index (χ4n) is 2.12. The molecule has 4 nitrogen and oxygen atoms in total. The van der Waals surface area contributed by atoms with Crippen LogP contribution >= 0.6 is 27.5 Å². The van der Waals surface area contributed by atoms with Gasteiger partial charge in [0.25, 0.3) is 0 Å². The van der Waals surface area contributed by atoms with Crippen molar-refractivity contribution in [2.24, 2.45) is 11.1 Å². The average molecular weight is 332 g/mol. The smallest absolute Gasteiger partial charge is 0.147 e. The molecule has 1 fully saturated rings. The zero-order chi connectivity index (χ0) is 13.3. The van der Waals surface area contributed by atoms with Crippen molar-refractivity contribution in [3.63, 3.8) is 0 Å². The Morgan fingerprint density at radius 3 is 2.67 bits per heavy atom. The van der Waals surface area contributed by atoms with Gasteiger partial charge in [-0.05, 0) is 34.8 Å². The van der Waals surface area contributed by atoms with Crippen LogP contribution in [-0.4, -0.2) is 23.9 Å². The molecule has 1 aliphatic rings. The molecule has 0 atom stereocenters. The summed E-state index contributed by atoms with van der Waals surface area (Å²) >= 11 is 9.54. The number of halogens is 2. The molecule has 0 spiro atoms. The quantitative estimate of drug-likeness (QED) is 0.646. The molecule has 1 aromatic heterocycles. The fraction of sp³-hybridized carbons (Fsp3) is 0.500. The Morgan fingerprint density at radius 1 is 1.56 bits per heavy atom. The van der Waals surface area contributed by atoms with E-state index in [1.807, 2.05) is 13.0 Å². The van der Waals surface area contributed by atoms with Crippen LogP contribution in [0.2, 0.25) is 5.02 Å². The van der Waals surface area contributed by atoms with Crippen molar-refractivity contribution < 1.29 is 0 Å². The van der Waals surface area contributed by atoms with Crippen molar-refractivity contribution in [1.82, 2.24) is 4.98 Å². The Bertz CT molecular complexity index is 469. The number of nitrogens with zero attached hydrogens (tertiary/aromatic N) is 2. The molecule has 0 unspecified atom stereocenters. The topological polar surface area (TPSA) is 66.0 Å². The van der Waals surface area contributed by atoms with Crippen molar-refractivity contribution in [2.45, 2.75) is 19.8 Å². The van der Waals surface area contributed by atoms with E-state index in [0.717, 1.165) is 36.2 Å². The number of piperidine rings is 1. The van der Waals surface area contributed by atoms with E-state index in [-0.39, 0.29) is 11.3 Å². The Kier molecular flexibility index (Phi) is 3.82. The molecular weight excluding hydrogens is 316 g/mol. The third-order valence-electron chi connectivity index (χ3n) is 3.61. The monoisotopic (exact) mass is 330 g/mol. The van der Waals surface area contributed by atoms with Gasteiger partial charge >= 0.3 is 0 Å². The van der Waals surface area contributed by atoms with Gasteiger partial charge in [-0.2, -0.15) is 0 Å². The van der Waals surface area contributed by atoms with Crippen molar-refractivity contribution in [1.29, 1.82) is 5.41 Å². The van der Waals surface area contributed by atoms with Gasteiger partial charge in [-0.15, -0.1) is 0 Å². The molecule has 1 aliphatic heterocycles. The summed E-state index contributed by atoms with van der Waals surface area (Å²) in [6.07, 6.45) is 3.47. The zero-order valence-electron chi connectivity index (χ0n) is 10.2. The lowest BCUT2D eigenvalue weighted by Gasteiger charge is -2.39. The molecule has 1 saturated heterocycles. The number of aromatic nitrogens is 1. The summed E-state index contributed by atoms with van der Waals surface area (Å²) in [5, 5.41) is 8.29. The summed E-state index contributed by atoms with van der Waals surface area (Å²) in [4.78, 5) is 6.51. The molecule has 18 heavy (non-hydrogen) atoms. The van der Waals surface area contributed by atoms with E-state index in [0.29, 0.717) is 5.02 Å². The minimum atomic E-state index is -0.182. The first kappa shape index (κ1) is 13.6. The van der Waals surface area contributed by atoms with E-state index in [4.69, 9.17) is 22.7 Å². The number of nitrogens with one attached hydrogen (secondary N) is 1. The normalized spacial score (nSPS) is 18.7. The van der Waals surface area contributed by atoms with Gasteiger partial charge in [0.05, 0.1) is 10.9 Å². The zero-order valence-corrected chi connectivity index (χ0v) is 12.6. The van der Waals surface area contributed by atoms with Gasteiger partial charge in [0, 0.05) is 29.2 Å². The molecule has 2 rings (SSSR count). The third kappa shape index (κ3) is 2.62. The lowest BCUT2D eigenvalue weighted by atomic mass is 9.79. The summed E-state index contributed by atoms with van der Waals surface area (Å²) in [7, 11) is 0. The minimum absolute atomic E-state index is 0.182. The van der Waals surface area contributed by atoms with Gasteiger partial charge in [-0.1, -0.05) is 18.5 Å². The lowest BCUT2D eigenvalue weighted by Crippen LogP contribution is -2.45. The van der Waals surface area contributed by atoms with Crippen LogP contribution in [0.1, 0.15) is 19.8 Å². The molecule has 1 aromatic rings. The SMILES string of the molecule is CC1(C(=N)N)CCN(c2ncc(Br)cc2Cl)CC1. The first-order chi connectivity index (χ1) is 8.42. The van der Waals surface area contributed by atoms with Gasteiger partial charge in [0.1, 0.15) is 5.82 Å². The van der Waals surface area contributed by atoms with Crippen LogP contribution in [0.15, 0.2) is 16.7 Å². The number of nitrogens with two attached hydrogens (primary N) is 1. The molecule has 0 bridgehead atoms. The van der Waals surface area contributed by atoms with Gasteiger partial charge in [-0.25, -0.2) is 4.98 Å². The number of amidine groups is 1. The van der Waals surface area contributed by atoms with Crippen molar-refractivity contribution in [3.8, 4) is 0 Å². The highest BCUT2D eigenvalue weighted by Crippen LogP contribution is 2.34. The van der Waals surface area contributed by atoms with Crippen molar-refractivity contribution in [3.05, 3.63) is 21.8 Å². The van der Waals surface area contributed by atoms with Crippen molar-refractivity contribution in [2.75, 3.05) is 18.0 Å². The van der Waals surface area contributed by atoms with Crippen LogP contribution in [0.5, 0.6) is 0 Å². The molecule has 0 aromatic carbocycles. The second-order valence-electron chi connectivity index (χ2n) is 4.92. The molecule has 6 heteroatoms. The Labute approximate surface area is 120 Å². The van der Waals surface area contributed by atoms with E-state index in [2.05, 4.69) is 25.8 Å². The first-order valence-corrected chi connectivity index (χ1v) is 7.00. The number of rotatable bonds is 2. The number of hydrogen-bond acceptors (Lipinski definition) is 3. The second-order valence-corrected chi connectivity index (χ2v) is 6.24. The van der Waals surface area contributed by atoms with Crippen LogP contribution in [-0.2, 0) is 0 Å². The van der Waals surface area contributed by atoms with Crippen LogP contribution in [0.4, 0.5) is 5.82 Å². The molecule has 3 N–H and O–H groups in total. The molecule has 0 radical (unpaired) electrons. The number of pyridine rings is 1. The fourth-order valence-corrected chi connectivity index (χ4v) is 2.87. The van der Waals surface area contributed by atoms with Gasteiger partial charge < -0.3 is 10.6 Å². The van der Waals surface area contributed by atoms with E-state index >= 15 is 0 Å². The van der Waals surface area contributed by atoms with Crippen molar-refractivity contribution >= 4 is 39.2 Å². The standard InChI is InChI=1S/C12H16BrClN4/c1-12(11(15)16)2-4-18(5-3-12)10-9(14)6-8(13)7-17-10/h6-7H,2-5H2,1H3,(H3,15,16). The lowest BCUT2D eigenvalue weighted by molar-refractivity contribution is 0.350. The molecule has 0 aliphatic carbocycles. The predicted molar refractivity (Wildman–Crippen MR) is 78.4 cm³/mol. The number of anilines is 1. The predicted octanol–water partition coefficient (Wildman–Crippen LogP) is 3.04. The molecule has 0 amide bonds. The summed E-state index contributed by atoms with van der Waals surface area (Å²) in [5.74, 6) is 1.09. The molecular formula is C12H16BrClN4. The van der Waals surface area contributed by atoms with Crippen LogP contribution in [0.25, 0.3) is 0 Å². The Balaban J connectivity index is 2.12. The second kappa shape index (κ2) is 5.05. The maximum atomic E-state index is 7.64. The Hall–Kier alpha value is -0.810. The van der Waals surface area contributed by atoms with Crippen LogP contribution < -0.4 is 10.6 Å². The van der Waals surface area contributed by atoms with Crippen LogP contribution in [0.3, 0.4) is 0 Å². The van der Waals surface area contributed by atoms with Gasteiger partial charge in [0.15, 0.2) is 0 Å². The molecule has 98 valence electrons. The summed E-state index contributed by atoms with van der Waals surface area (Å²) in [6.45, 7) is 3.69. The Morgan fingerprint density at radius 2 is 2.17 bits per heavy atom. The van der Waals surface area contributed by atoms with Crippen LogP contribution in [0, 0.1) is 10.8 Å². The third-order valence-corrected chi connectivity index (χ3v) is 4.32. The summed E-state index contributed by atoms with van der Waals surface area (Å²) < 4.78 is 0.877.